The summed E-state index contributed by atoms with van der Waals surface area (Å²) in [6.45, 7) is 2.62. The summed E-state index contributed by atoms with van der Waals surface area (Å²) in [5, 5.41) is 1.03. The zero-order valence-corrected chi connectivity index (χ0v) is 11.4. The molecule has 0 aliphatic carbocycles. The Hall–Kier alpha value is -0.540. The first-order valence-corrected chi connectivity index (χ1v) is 7.31. The number of alkyl halides is 1. The zero-order chi connectivity index (χ0) is 11.7. The molecular weight excluding hydrogens is 280 g/mol. The van der Waals surface area contributed by atoms with Crippen LogP contribution in [-0.2, 0) is 4.74 Å². The first-order chi connectivity index (χ1) is 8.33. The zero-order valence-electron chi connectivity index (χ0n) is 9.82. The number of halogens is 1. The molecule has 92 valence electrons. The van der Waals surface area contributed by atoms with Gasteiger partial charge in [0.15, 0.2) is 0 Å². The summed E-state index contributed by atoms with van der Waals surface area (Å²) in [5.74, 6) is 1.60. The Morgan fingerprint density at radius 3 is 3.00 bits per heavy atom. The number of hydrogen-bond donors (Lipinski definition) is 0. The maximum Gasteiger partial charge on any atom is 0.122 e. The lowest BCUT2D eigenvalue weighted by atomic mass is 9.79. The highest BCUT2D eigenvalue weighted by molar-refractivity contribution is 9.09. The van der Waals surface area contributed by atoms with Gasteiger partial charge in [0.05, 0.1) is 13.2 Å². The average molecular weight is 297 g/mol. The van der Waals surface area contributed by atoms with Gasteiger partial charge in [-0.05, 0) is 18.9 Å². The molecule has 0 N–H and O–H groups in total. The van der Waals surface area contributed by atoms with Crippen molar-refractivity contribution < 1.29 is 9.47 Å². The van der Waals surface area contributed by atoms with E-state index in [0.29, 0.717) is 11.3 Å². The molecule has 2 unspecified atom stereocenters. The van der Waals surface area contributed by atoms with E-state index in [1.165, 1.54) is 5.56 Å². The van der Waals surface area contributed by atoms with Gasteiger partial charge in [-0.25, -0.2) is 0 Å². The monoisotopic (exact) mass is 296 g/mol. The largest absolute Gasteiger partial charge is 0.493 e. The fraction of sp³-hybridized carbons (Fsp3) is 0.571. The van der Waals surface area contributed by atoms with Crippen molar-refractivity contribution in [3.8, 4) is 5.75 Å². The third kappa shape index (κ3) is 2.11. The second kappa shape index (κ2) is 4.62. The van der Waals surface area contributed by atoms with Crippen LogP contribution in [0.15, 0.2) is 24.3 Å². The predicted molar refractivity (Wildman–Crippen MR) is 71.0 cm³/mol. The summed E-state index contributed by atoms with van der Waals surface area (Å²) in [6, 6.07) is 8.42. The third-order valence-corrected chi connectivity index (χ3v) is 5.14. The molecule has 0 amide bonds. The molecule has 2 heterocycles. The van der Waals surface area contributed by atoms with Gasteiger partial charge in [-0.1, -0.05) is 34.1 Å². The fourth-order valence-corrected chi connectivity index (χ4v) is 3.56. The minimum atomic E-state index is 0.311. The minimum absolute atomic E-state index is 0.311. The highest BCUT2D eigenvalue weighted by Crippen LogP contribution is 2.44. The van der Waals surface area contributed by atoms with Gasteiger partial charge in [-0.2, -0.15) is 0 Å². The van der Waals surface area contributed by atoms with E-state index in [4.69, 9.17) is 9.47 Å². The summed E-state index contributed by atoms with van der Waals surface area (Å²) in [7, 11) is 0. The van der Waals surface area contributed by atoms with Gasteiger partial charge in [0, 0.05) is 28.8 Å². The van der Waals surface area contributed by atoms with Crippen LogP contribution < -0.4 is 4.74 Å². The minimum Gasteiger partial charge on any atom is -0.493 e. The molecule has 2 aliphatic rings. The molecule has 3 heteroatoms. The number of ether oxygens (including phenoxy) is 2. The highest BCUT2D eigenvalue weighted by Gasteiger charge is 2.38. The number of hydrogen-bond acceptors (Lipinski definition) is 2. The number of fused-ring (bicyclic) bond motifs is 1. The molecule has 2 nitrogen and oxygen atoms in total. The normalized spacial score (nSPS) is 31.2. The van der Waals surface area contributed by atoms with Crippen molar-refractivity contribution in [2.24, 2.45) is 5.41 Å². The van der Waals surface area contributed by atoms with Gasteiger partial charge in [-0.15, -0.1) is 0 Å². The fourth-order valence-electron chi connectivity index (χ4n) is 2.89. The second-order valence-electron chi connectivity index (χ2n) is 5.19. The van der Waals surface area contributed by atoms with Crippen molar-refractivity contribution >= 4 is 15.9 Å². The summed E-state index contributed by atoms with van der Waals surface area (Å²) in [5.41, 5.74) is 1.69. The first kappa shape index (κ1) is 11.5. The molecule has 0 radical (unpaired) electrons. The van der Waals surface area contributed by atoms with Gasteiger partial charge in [0.2, 0.25) is 0 Å². The summed E-state index contributed by atoms with van der Waals surface area (Å²) in [6.07, 6.45) is 2.33. The van der Waals surface area contributed by atoms with Gasteiger partial charge in [0.25, 0.3) is 0 Å². The van der Waals surface area contributed by atoms with Crippen LogP contribution in [0.1, 0.15) is 24.3 Å². The maximum absolute atomic E-state index is 5.75. The quantitative estimate of drug-likeness (QED) is 0.797. The molecule has 17 heavy (non-hydrogen) atoms. The van der Waals surface area contributed by atoms with E-state index in [1.54, 1.807) is 0 Å². The molecule has 1 aromatic carbocycles. The van der Waals surface area contributed by atoms with E-state index >= 15 is 0 Å². The Morgan fingerprint density at radius 2 is 2.24 bits per heavy atom. The van der Waals surface area contributed by atoms with E-state index in [0.717, 1.165) is 43.7 Å². The third-order valence-electron chi connectivity index (χ3n) is 3.95. The van der Waals surface area contributed by atoms with Gasteiger partial charge < -0.3 is 9.47 Å². The Kier molecular flexibility index (Phi) is 3.14. The number of para-hydroxylation sites is 1. The molecule has 0 aromatic heterocycles. The lowest BCUT2D eigenvalue weighted by Crippen LogP contribution is -2.26. The molecular formula is C14H17BrO2. The van der Waals surface area contributed by atoms with Gasteiger partial charge in [-0.3, -0.25) is 0 Å². The van der Waals surface area contributed by atoms with Crippen LogP contribution in [0.5, 0.6) is 5.75 Å². The summed E-state index contributed by atoms with van der Waals surface area (Å²) in [4.78, 5) is 0. The number of rotatable bonds is 3. The highest BCUT2D eigenvalue weighted by atomic mass is 79.9. The van der Waals surface area contributed by atoms with Crippen LogP contribution in [-0.4, -0.2) is 25.2 Å². The van der Waals surface area contributed by atoms with E-state index in [-0.39, 0.29) is 0 Å². The molecule has 3 rings (SSSR count). The second-order valence-corrected chi connectivity index (χ2v) is 5.75. The Labute approximate surface area is 110 Å². The molecule has 1 aromatic rings. The van der Waals surface area contributed by atoms with E-state index in [9.17, 15) is 0 Å². The average Bonchev–Trinajstić information content (AvgIpc) is 2.99. The van der Waals surface area contributed by atoms with Crippen LogP contribution >= 0.6 is 15.9 Å². The molecule has 0 bridgehead atoms. The molecule has 2 aliphatic heterocycles. The van der Waals surface area contributed by atoms with E-state index in [2.05, 4.69) is 34.1 Å². The van der Waals surface area contributed by atoms with Crippen molar-refractivity contribution in [2.75, 3.05) is 25.2 Å². The smallest absolute Gasteiger partial charge is 0.122 e. The maximum atomic E-state index is 5.75. The summed E-state index contributed by atoms with van der Waals surface area (Å²) >= 11 is 3.66. The van der Waals surface area contributed by atoms with Crippen molar-refractivity contribution in [2.45, 2.75) is 18.8 Å². The van der Waals surface area contributed by atoms with Crippen LogP contribution in [0.25, 0.3) is 0 Å². The molecule has 0 saturated carbocycles. The topological polar surface area (TPSA) is 18.5 Å². The van der Waals surface area contributed by atoms with Crippen molar-refractivity contribution in [3.05, 3.63) is 29.8 Å². The lowest BCUT2D eigenvalue weighted by Gasteiger charge is -2.27. The molecule has 1 saturated heterocycles. The Morgan fingerprint density at radius 1 is 1.35 bits per heavy atom. The lowest BCUT2D eigenvalue weighted by molar-refractivity contribution is 0.150. The van der Waals surface area contributed by atoms with Gasteiger partial charge in [0.1, 0.15) is 5.75 Å². The number of benzene rings is 1. The van der Waals surface area contributed by atoms with Crippen LogP contribution in [0, 0.1) is 5.41 Å². The summed E-state index contributed by atoms with van der Waals surface area (Å²) < 4.78 is 11.3. The Balaban J connectivity index is 1.79. The standard InChI is InChI=1S/C14H17BrO2/c15-9-14(5-6-16-10-14)7-11-8-17-13-4-2-1-3-12(11)13/h1-4,11H,5-10H2. The molecule has 1 fully saturated rings. The molecule has 0 spiro atoms. The van der Waals surface area contributed by atoms with E-state index in [1.807, 2.05) is 6.07 Å². The van der Waals surface area contributed by atoms with Crippen molar-refractivity contribution in [3.63, 3.8) is 0 Å². The Bertz CT molecular complexity index is 399. The van der Waals surface area contributed by atoms with Crippen molar-refractivity contribution in [1.29, 1.82) is 0 Å². The van der Waals surface area contributed by atoms with Crippen LogP contribution in [0.2, 0.25) is 0 Å². The predicted octanol–water partition coefficient (Wildman–Crippen LogP) is 3.35. The van der Waals surface area contributed by atoms with E-state index < -0.39 is 0 Å². The molecule has 2 atom stereocenters. The van der Waals surface area contributed by atoms with Crippen molar-refractivity contribution in [1.82, 2.24) is 0 Å². The first-order valence-electron chi connectivity index (χ1n) is 6.18. The van der Waals surface area contributed by atoms with Crippen LogP contribution in [0.3, 0.4) is 0 Å². The SMILES string of the molecule is BrCC1(CC2COc3ccccc32)CCOC1. The van der Waals surface area contributed by atoms with Crippen LogP contribution in [0.4, 0.5) is 0 Å². The van der Waals surface area contributed by atoms with Gasteiger partial charge >= 0.3 is 0 Å².